The molecule has 0 atom stereocenters. The van der Waals surface area contributed by atoms with Gasteiger partial charge < -0.3 is 8.85 Å². The fraction of sp³-hybridized carbons (Fsp3) is 0.533. The Labute approximate surface area is 220 Å². The van der Waals surface area contributed by atoms with Crippen LogP contribution in [0.25, 0.3) is 0 Å². The predicted molar refractivity (Wildman–Crippen MR) is 154 cm³/mol. The van der Waals surface area contributed by atoms with Crippen molar-refractivity contribution in [3.63, 3.8) is 0 Å². The Morgan fingerprint density at radius 2 is 0.917 bits per heavy atom. The van der Waals surface area contributed by atoms with Gasteiger partial charge in [-0.15, -0.1) is 0 Å². The van der Waals surface area contributed by atoms with E-state index in [1.165, 1.54) is 0 Å². The molecule has 0 unspecified atom stereocenters. The van der Waals surface area contributed by atoms with Crippen molar-refractivity contribution in [1.29, 1.82) is 0 Å². The molecule has 0 saturated carbocycles. The van der Waals surface area contributed by atoms with Crippen molar-refractivity contribution in [3.8, 4) is 11.5 Å². The highest BCUT2D eigenvalue weighted by Gasteiger charge is 2.47. The second kappa shape index (κ2) is 9.28. The lowest BCUT2D eigenvalue weighted by molar-refractivity contribution is 0.0975. The molecule has 0 N–H and O–H groups in total. The summed E-state index contributed by atoms with van der Waals surface area (Å²) in [5, 5.41) is -0.0639. The minimum atomic E-state index is -2.29. The van der Waals surface area contributed by atoms with Gasteiger partial charge in [-0.3, -0.25) is 9.59 Å². The normalized spacial score (nSPS) is 14.7. The van der Waals surface area contributed by atoms with E-state index in [0.717, 1.165) is 0 Å². The Balaban J connectivity index is 2.10. The summed E-state index contributed by atoms with van der Waals surface area (Å²) in [7, 11) is -4.59. The van der Waals surface area contributed by atoms with Crippen LogP contribution in [0.1, 0.15) is 87.2 Å². The Morgan fingerprint density at radius 1 is 0.611 bits per heavy atom. The Hall–Kier alpha value is -2.19. The zero-order chi connectivity index (χ0) is 27.4. The van der Waals surface area contributed by atoms with Crippen LogP contribution in [0.15, 0.2) is 36.4 Å². The van der Waals surface area contributed by atoms with E-state index >= 15 is 0 Å². The van der Waals surface area contributed by atoms with Gasteiger partial charge in [-0.2, -0.15) is 0 Å². The second-order valence-corrected chi connectivity index (χ2v) is 22.0. The minimum Gasteiger partial charge on any atom is -0.543 e. The van der Waals surface area contributed by atoms with E-state index < -0.39 is 16.6 Å². The first-order valence-electron chi connectivity index (χ1n) is 13.1. The van der Waals surface area contributed by atoms with Crippen molar-refractivity contribution in [2.45, 2.75) is 91.7 Å². The van der Waals surface area contributed by atoms with E-state index in [2.05, 4.69) is 81.6 Å². The lowest BCUT2D eigenvalue weighted by Gasteiger charge is -2.43. The number of hydrogen-bond donors (Lipinski definition) is 0. The molecular weight excluding hydrogens is 480 g/mol. The summed E-state index contributed by atoms with van der Waals surface area (Å²) in [5.74, 6) is 1.52. The molecule has 0 fully saturated rings. The van der Waals surface area contributed by atoms with Crippen LogP contribution in [0.2, 0.25) is 36.3 Å². The van der Waals surface area contributed by atoms with Crippen LogP contribution in [0.4, 0.5) is 0 Å². The molecule has 36 heavy (non-hydrogen) atoms. The number of carbonyl (C=O) groups is 2. The van der Waals surface area contributed by atoms with Crippen molar-refractivity contribution < 1.29 is 18.4 Å². The number of carbonyl (C=O) groups excluding carboxylic acids is 2. The van der Waals surface area contributed by atoms with Crippen LogP contribution in [-0.2, 0) is 0 Å². The summed E-state index contributed by atoms with van der Waals surface area (Å²) in [6.45, 7) is 26.5. The van der Waals surface area contributed by atoms with Crippen LogP contribution in [-0.4, -0.2) is 28.2 Å². The average Bonchev–Trinajstić information content (AvgIpc) is 2.76. The zero-order valence-corrected chi connectivity index (χ0v) is 26.3. The third kappa shape index (κ3) is 4.51. The summed E-state index contributed by atoms with van der Waals surface area (Å²) in [6.07, 6.45) is 0. The average molecular weight is 525 g/mol. The first-order chi connectivity index (χ1) is 16.4. The molecule has 196 valence electrons. The van der Waals surface area contributed by atoms with E-state index in [9.17, 15) is 9.59 Å². The maximum absolute atomic E-state index is 13.9. The summed E-state index contributed by atoms with van der Waals surface area (Å²) < 4.78 is 13.4. The molecule has 2 aromatic carbocycles. The highest BCUT2D eigenvalue weighted by molar-refractivity contribution is 6.75. The van der Waals surface area contributed by atoms with Gasteiger partial charge in [0.15, 0.2) is 11.6 Å². The van der Waals surface area contributed by atoms with Gasteiger partial charge in [0.05, 0.1) is 11.1 Å². The van der Waals surface area contributed by atoms with E-state index in [1.807, 2.05) is 24.3 Å². The fourth-order valence-electron chi connectivity index (χ4n) is 4.55. The first-order valence-corrected chi connectivity index (χ1v) is 18.9. The largest absolute Gasteiger partial charge is 0.543 e. The number of hydrogen-bond acceptors (Lipinski definition) is 4. The molecule has 6 heteroatoms. The van der Waals surface area contributed by atoms with Crippen molar-refractivity contribution in [2.75, 3.05) is 0 Å². The van der Waals surface area contributed by atoms with Gasteiger partial charge in [0.1, 0.15) is 11.5 Å². The molecule has 0 saturated heterocycles. The SMILES string of the molecule is CC(C)C(C)(C)[Si](C)(C)Oc1cccc2c1C(=O)c1cccc(O[Si](C)(C)C(C)(C)C(C)C)c1C2=O. The monoisotopic (exact) mass is 524 g/mol. The number of benzene rings is 2. The van der Waals surface area contributed by atoms with Crippen LogP contribution in [0, 0.1) is 11.8 Å². The highest BCUT2D eigenvalue weighted by Crippen LogP contribution is 2.48. The fourth-order valence-corrected chi connectivity index (χ4v) is 9.30. The lowest BCUT2D eigenvalue weighted by Crippen LogP contribution is -2.48. The van der Waals surface area contributed by atoms with Crippen LogP contribution in [0.5, 0.6) is 11.5 Å². The first kappa shape index (κ1) is 28.4. The van der Waals surface area contributed by atoms with Gasteiger partial charge >= 0.3 is 0 Å². The zero-order valence-electron chi connectivity index (χ0n) is 24.3. The third-order valence-electron chi connectivity index (χ3n) is 9.72. The van der Waals surface area contributed by atoms with E-state index in [1.54, 1.807) is 12.1 Å². The smallest absolute Gasteiger partial charge is 0.251 e. The van der Waals surface area contributed by atoms with Gasteiger partial charge in [0.2, 0.25) is 0 Å². The molecule has 0 aliphatic heterocycles. The topological polar surface area (TPSA) is 52.6 Å². The second-order valence-electron chi connectivity index (χ2n) is 13.0. The molecule has 0 amide bonds. The molecule has 0 spiro atoms. The molecule has 0 heterocycles. The third-order valence-corrected chi connectivity index (χ3v) is 18.5. The molecule has 0 bridgehead atoms. The standard InChI is InChI=1S/C30H44O4Si2/c1-19(2)29(5,6)35(9,10)33-23-17-13-15-21-25(23)27(31)22-16-14-18-24(26(22)28(21)32)34-36(11,12)30(7,8)20(3)4/h13-20H,1-12H3. The quantitative estimate of drug-likeness (QED) is 0.277. The van der Waals surface area contributed by atoms with E-state index in [-0.39, 0.29) is 21.6 Å². The van der Waals surface area contributed by atoms with E-state index in [0.29, 0.717) is 45.6 Å². The summed E-state index contributed by atoms with van der Waals surface area (Å²) >= 11 is 0. The number of fused-ring (bicyclic) bond motifs is 2. The van der Waals surface area contributed by atoms with Crippen LogP contribution in [0.3, 0.4) is 0 Å². The summed E-state index contributed by atoms with van der Waals surface area (Å²) in [6, 6.07) is 10.8. The predicted octanol–water partition coefficient (Wildman–Crippen LogP) is 8.50. The summed E-state index contributed by atoms with van der Waals surface area (Å²) in [4.78, 5) is 27.8. The maximum atomic E-state index is 13.9. The number of ketones is 2. The van der Waals surface area contributed by atoms with E-state index in [4.69, 9.17) is 8.85 Å². The van der Waals surface area contributed by atoms with Crippen molar-refractivity contribution in [3.05, 3.63) is 58.7 Å². The Morgan fingerprint density at radius 3 is 1.19 bits per heavy atom. The molecular formula is C30H44O4Si2. The van der Waals surface area contributed by atoms with Gasteiger partial charge in [-0.1, -0.05) is 79.7 Å². The highest BCUT2D eigenvalue weighted by atomic mass is 28.4. The van der Waals surface area contributed by atoms with Gasteiger partial charge in [-0.05, 0) is 60.2 Å². The van der Waals surface area contributed by atoms with Gasteiger partial charge in [0, 0.05) is 11.1 Å². The van der Waals surface area contributed by atoms with Gasteiger partial charge in [-0.25, -0.2) is 0 Å². The molecule has 3 rings (SSSR count). The Bertz CT molecular complexity index is 1100. The minimum absolute atomic E-state index is 0.0320. The number of rotatable bonds is 8. The molecule has 1 aliphatic rings. The molecule has 0 aromatic heterocycles. The van der Waals surface area contributed by atoms with Gasteiger partial charge in [0.25, 0.3) is 16.6 Å². The Kier molecular flexibility index (Phi) is 7.32. The molecule has 0 radical (unpaired) electrons. The van der Waals surface area contributed by atoms with Crippen molar-refractivity contribution in [2.24, 2.45) is 11.8 Å². The maximum Gasteiger partial charge on any atom is 0.251 e. The van der Waals surface area contributed by atoms with Crippen molar-refractivity contribution >= 4 is 28.2 Å². The molecule has 1 aliphatic carbocycles. The van der Waals surface area contributed by atoms with Crippen LogP contribution < -0.4 is 8.85 Å². The van der Waals surface area contributed by atoms with Crippen LogP contribution >= 0.6 is 0 Å². The summed E-state index contributed by atoms with van der Waals surface area (Å²) in [5.41, 5.74) is 1.56. The molecule has 2 aromatic rings. The lowest BCUT2D eigenvalue weighted by atomic mass is 9.83. The molecule has 4 nitrogen and oxygen atoms in total. The van der Waals surface area contributed by atoms with Crippen molar-refractivity contribution in [1.82, 2.24) is 0 Å².